The van der Waals surface area contributed by atoms with Crippen molar-refractivity contribution in [3.8, 4) is 11.5 Å². The molecule has 176 valence electrons. The Morgan fingerprint density at radius 3 is 2.46 bits per heavy atom. The van der Waals surface area contributed by atoms with Crippen LogP contribution in [0.1, 0.15) is 27.0 Å². The zero-order valence-electron chi connectivity index (χ0n) is 19.1. The molecule has 0 saturated heterocycles. The van der Waals surface area contributed by atoms with E-state index in [9.17, 15) is 9.59 Å². The molecule has 35 heavy (non-hydrogen) atoms. The third kappa shape index (κ3) is 5.83. The van der Waals surface area contributed by atoms with Crippen molar-refractivity contribution in [2.75, 3.05) is 7.11 Å². The number of benzene rings is 4. The maximum atomic E-state index is 12.5. The van der Waals surface area contributed by atoms with Crippen LogP contribution in [0.25, 0.3) is 10.8 Å². The number of nitrogens with zero attached hydrogens (tertiary/aromatic N) is 1. The molecule has 0 fully saturated rings. The smallest absolute Gasteiger partial charge is 0.335 e. The van der Waals surface area contributed by atoms with Gasteiger partial charge in [0.25, 0.3) is 0 Å². The van der Waals surface area contributed by atoms with Crippen LogP contribution < -0.4 is 14.9 Å². The van der Waals surface area contributed by atoms with E-state index in [1.807, 2.05) is 42.5 Å². The van der Waals surface area contributed by atoms with Gasteiger partial charge in [-0.15, -0.1) is 0 Å². The maximum Gasteiger partial charge on any atom is 0.335 e. The molecule has 0 atom stereocenters. The summed E-state index contributed by atoms with van der Waals surface area (Å²) < 4.78 is 11.4. The van der Waals surface area contributed by atoms with Gasteiger partial charge in [-0.1, -0.05) is 60.7 Å². The minimum atomic E-state index is -0.983. The molecule has 1 amide bonds. The number of ether oxygens (including phenoxy) is 2. The second kappa shape index (κ2) is 11.0. The van der Waals surface area contributed by atoms with Crippen molar-refractivity contribution in [2.24, 2.45) is 5.10 Å². The van der Waals surface area contributed by atoms with Gasteiger partial charge in [0.05, 0.1) is 25.3 Å². The Morgan fingerprint density at radius 2 is 1.69 bits per heavy atom. The molecule has 0 aromatic heterocycles. The van der Waals surface area contributed by atoms with Gasteiger partial charge in [-0.05, 0) is 46.2 Å². The topological polar surface area (TPSA) is 97.2 Å². The largest absolute Gasteiger partial charge is 0.493 e. The summed E-state index contributed by atoms with van der Waals surface area (Å²) in [5, 5.41) is 15.3. The number of carboxylic acids is 1. The van der Waals surface area contributed by atoms with Gasteiger partial charge < -0.3 is 14.6 Å². The van der Waals surface area contributed by atoms with E-state index in [2.05, 4.69) is 10.5 Å². The summed E-state index contributed by atoms with van der Waals surface area (Å²) in [4.78, 5) is 23.6. The molecule has 0 radical (unpaired) electrons. The van der Waals surface area contributed by atoms with Gasteiger partial charge in [-0.25, -0.2) is 10.2 Å². The molecule has 0 aliphatic rings. The van der Waals surface area contributed by atoms with Gasteiger partial charge in [0.15, 0.2) is 11.5 Å². The highest BCUT2D eigenvalue weighted by molar-refractivity contribution is 5.91. The van der Waals surface area contributed by atoms with Crippen LogP contribution in [0.5, 0.6) is 11.5 Å². The number of hydrazone groups is 1. The summed E-state index contributed by atoms with van der Waals surface area (Å²) in [7, 11) is 1.54. The molecule has 4 aromatic rings. The lowest BCUT2D eigenvalue weighted by atomic mass is 10.0. The Kier molecular flexibility index (Phi) is 7.37. The molecule has 0 bridgehead atoms. The normalized spacial score (nSPS) is 10.9. The molecule has 0 aliphatic heterocycles. The Morgan fingerprint density at radius 1 is 0.943 bits per heavy atom. The van der Waals surface area contributed by atoms with E-state index in [1.165, 1.54) is 25.5 Å². The van der Waals surface area contributed by atoms with E-state index in [1.54, 1.807) is 30.3 Å². The fraction of sp³-hybridized carbons (Fsp3) is 0.107. The molecule has 0 heterocycles. The van der Waals surface area contributed by atoms with Gasteiger partial charge in [-0.3, -0.25) is 4.79 Å². The van der Waals surface area contributed by atoms with Crippen molar-refractivity contribution in [2.45, 2.75) is 13.0 Å². The SMILES string of the molecule is COc1cccc(/C=N\NC(=O)Cc2cccc3ccccc23)c1OCc1ccc(C(=O)O)cc1. The number of para-hydroxylation sites is 1. The number of hydrogen-bond donors (Lipinski definition) is 2. The van der Waals surface area contributed by atoms with Crippen molar-refractivity contribution in [1.82, 2.24) is 5.43 Å². The number of aromatic carboxylic acids is 1. The molecule has 0 unspecified atom stereocenters. The first-order valence-corrected chi connectivity index (χ1v) is 11.0. The molecule has 7 nitrogen and oxygen atoms in total. The van der Waals surface area contributed by atoms with Crippen molar-refractivity contribution in [3.05, 3.63) is 107 Å². The first kappa shape index (κ1) is 23.5. The summed E-state index contributed by atoms with van der Waals surface area (Å²) in [6.45, 7) is 0.203. The fourth-order valence-corrected chi connectivity index (χ4v) is 3.68. The molecule has 0 saturated carbocycles. The van der Waals surface area contributed by atoms with Crippen LogP contribution in [0.15, 0.2) is 90.0 Å². The van der Waals surface area contributed by atoms with Crippen LogP contribution in [-0.4, -0.2) is 30.3 Å². The van der Waals surface area contributed by atoms with Crippen molar-refractivity contribution < 1.29 is 24.2 Å². The van der Waals surface area contributed by atoms with Crippen molar-refractivity contribution in [1.29, 1.82) is 0 Å². The molecule has 4 rings (SSSR count). The minimum Gasteiger partial charge on any atom is -0.493 e. The highest BCUT2D eigenvalue weighted by Gasteiger charge is 2.11. The number of fused-ring (bicyclic) bond motifs is 1. The zero-order valence-corrected chi connectivity index (χ0v) is 19.1. The molecule has 7 heteroatoms. The average Bonchev–Trinajstić information content (AvgIpc) is 2.88. The number of amides is 1. The predicted molar refractivity (Wildman–Crippen MR) is 134 cm³/mol. The minimum absolute atomic E-state index is 0.201. The van der Waals surface area contributed by atoms with Gasteiger partial charge >= 0.3 is 5.97 Å². The van der Waals surface area contributed by atoms with Crippen LogP contribution in [0.4, 0.5) is 0 Å². The van der Waals surface area contributed by atoms with Gasteiger partial charge in [0, 0.05) is 5.56 Å². The third-order valence-corrected chi connectivity index (χ3v) is 5.44. The predicted octanol–water partition coefficient (Wildman–Crippen LogP) is 4.82. The molecule has 4 aromatic carbocycles. The van der Waals surface area contributed by atoms with Gasteiger partial charge in [0.2, 0.25) is 5.91 Å². The van der Waals surface area contributed by atoms with Crippen LogP contribution in [-0.2, 0) is 17.8 Å². The van der Waals surface area contributed by atoms with Crippen LogP contribution >= 0.6 is 0 Å². The summed E-state index contributed by atoms with van der Waals surface area (Å²) in [6.07, 6.45) is 1.71. The number of carbonyl (C=O) groups excluding carboxylic acids is 1. The van der Waals surface area contributed by atoms with E-state index in [0.29, 0.717) is 17.1 Å². The zero-order chi connectivity index (χ0) is 24.6. The second-order valence-corrected chi connectivity index (χ2v) is 7.78. The van der Waals surface area contributed by atoms with Gasteiger partial charge in [-0.2, -0.15) is 5.10 Å². The standard InChI is InChI=1S/C28H24N2O5/c1-34-25-11-5-9-23(27(25)35-18-19-12-14-21(15-13-19)28(32)33)17-29-30-26(31)16-22-8-4-7-20-6-2-3-10-24(20)22/h2-15,17H,16,18H2,1H3,(H,30,31)(H,32,33)/b29-17-. The second-order valence-electron chi connectivity index (χ2n) is 7.78. The lowest BCUT2D eigenvalue weighted by Gasteiger charge is -2.13. The number of methoxy groups -OCH3 is 1. The van der Waals surface area contributed by atoms with Crippen LogP contribution in [0.2, 0.25) is 0 Å². The van der Waals surface area contributed by atoms with Crippen molar-refractivity contribution in [3.63, 3.8) is 0 Å². The number of carbonyl (C=O) groups is 2. The monoisotopic (exact) mass is 468 g/mol. The molecule has 0 aliphatic carbocycles. The Labute approximate surface area is 202 Å². The van der Waals surface area contributed by atoms with E-state index in [-0.39, 0.29) is 24.5 Å². The lowest BCUT2D eigenvalue weighted by molar-refractivity contribution is -0.120. The molecule has 2 N–H and O–H groups in total. The number of hydrogen-bond acceptors (Lipinski definition) is 5. The summed E-state index contributed by atoms with van der Waals surface area (Å²) in [5.74, 6) is -0.243. The van der Waals surface area contributed by atoms with Crippen LogP contribution in [0.3, 0.4) is 0 Å². The summed E-state index contributed by atoms with van der Waals surface area (Å²) in [6, 6.07) is 25.6. The lowest BCUT2D eigenvalue weighted by Crippen LogP contribution is -2.20. The summed E-state index contributed by atoms with van der Waals surface area (Å²) >= 11 is 0. The first-order valence-electron chi connectivity index (χ1n) is 11.0. The van der Waals surface area contributed by atoms with E-state index in [0.717, 1.165) is 21.9 Å². The summed E-state index contributed by atoms with van der Waals surface area (Å²) in [5.41, 5.74) is 5.13. The number of rotatable bonds is 9. The molecular formula is C28H24N2O5. The first-order chi connectivity index (χ1) is 17.0. The maximum absolute atomic E-state index is 12.5. The van der Waals surface area contributed by atoms with E-state index < -0.39 is 5.97 Å². The quantitative estimate of drug-likeness (QED) is 0.271. The highest BCUT2D eigenvalue weighted by Crippen LogP contribution is 2.31. The van der Waals surface area contributed by atoms with Crippen molar-refractivity contribution >= 4 is 28.9 Å². The van der Waals surface area contributed by atoms with E-state index >= 15 is 0 Å². The highest BCUT2D eigenvalue weighted by atomic mass is 16.5. The third-order valence-electron chi connectivity index (χ3n) is 5.44. The van der Waals surface area contributed by atoms with Gasteiger partial charge in [0.1, 0.15) is 6.61 Å². The number of carboxylic acid groups (broad SMARTS) is 1. The number of nitrogens with one attached hydrogen (secondary N) is 1. The van der Waals surface area contributed by atoms with E-state index in [4.69, 9.17) is 14.6 Å². The molecule has 0 spiro atoms. The Hall–Kier alpha value is -4.65. The molecular weight excluding hydrogens is 444 g/mol. The Bertz CT molecular complexity index is 1370. The fourth-order valence-electron chi connectivity index (χ4n) is 3.68. The average molecular weight is 469 g/mol. The Balaban J connectivity index is 1.44. The van der Waals surface area contributed by atoms with Crippen LogP contribution in [0, 0.1) is 0 Å².